The van der Waals surface area contributed by atoms with Crippen molar-refractivity contribution in [1.29, 1.82) is 0 Å². The van der Waals surface area contributed by atoms with Crippen LogP contribution in [0.25, 0.3) is 0 Å². The fraction of sp³-hybridized carbons (Fsp3) is 0.600. The largest absolute Gasteiger partial charge is 0.385 e. The highest BCUT2D eigenvalue weighted by molar-refractivity contribution is 5.30. The Labute approximate surface area is 103 Å². The lowest BCUT2D eigenvalue weighted by Crippen LogP contribution is -2.28. The van der Waals surface area contributed by atoms with Crippen LogP contribution in [0.2, 0.25) is 0 Å². The van der Waals surface area contributed by atoms with E-state index in [-0.39, 0.29) is 0 Å². The summed E-state index contributed by atoms with van der Waals surface area (Å²) in [6, 6.07) is 8.63. The fourth-order valence-electron chi connectivity index (χ4n) is 2.78. The molecular weight excluding hydrogens is 210 g/mol. The topological polar surface area (TPSA) is 32.3 Å². The van der Waals surface area contributed by atoms with Crippen LogP contribution in [0.5, 0.6) is 0 Å². The Morgan fingerprint density at radius 2 is 1.76 bits per heavy atom. The second kappa shape index (κ2) is 4.43. The van der Waals surface area contributed by atoms with E-state index in [0.29, 0.717) is 0 Å². The van der Waals surface area contributed by atoms with Gasteiger partial charge in [-0.25, -0.2) is 0 Å². The summed E-state index contributed by atoms with van der Waals surface area (Å²) in [7, 11) is 0. The Kier molecular flexibility index (Phi) is 2.93. The SMILES string of the molecule is OC1(c2ccc(CC3CCNCC3)cc2)CC1. The molecular formula is C15H21NO. The van der Waals surface area contributed by atoms with Gasteiger partial charge >= 0.3 is 0 Å². The summed E-state index contributed by atoms with van der Waals surface area (Å²) >= 11 is 0. The quantitative estimate of drug-likeness (QED) is 0.836. The van der Waals surface area contributed by atoms with E-state index in [4.69, 9.17) is 0 Å². The highest BCUT2D eigenvalue weighted by atomic mass is 16.3. The molecule has 2 nitrogen and oxygen atoms in total. The van der Waals surface area contributed by atoms with Gasteiger partial charge in [0, 0.05) is 0 Å². The van der Waals surface area contributed by atoms with Crippen LogP contribution in [0.15, 0.2) is 24.3 Å². The highest BCUT2D eigenvalue weighted by Gasteiger charge is 2.41. The molecule has 1 aromatic rings. The zero-order chi connectivity index (χ0) is 11.7. The number of nitrogens with one attached hydrogen (secondary N) is 1. The molecule has 1 heterocycles. The third-order valence-corrected chi connectivity index (χ3v) is 4.20. The van der Waals surface area contributed by atoms with Crippen LogP contribution >= 0.6 is 0 Å². The Balaban J connectivity index is 1.63. The first kappa shape index (κ1) is 11.2. The number of benzene rings is 1. The van der Waals surface area contributed by atoms with E-state index in [2.05, 4.69) is 29.6 Å². The summed E-state index contributed by atoms with van der Waals surface area (Å²) in [4.78, 5) is 0. The van der Waals surface area contributed by atoms with Crippen LogP contribution in [0.3, 0.4) is 0 Å². The molecule has 0 aromatic heterocycles. The Morgan fingerprint density at radius 1 is 1.12 bits per heavy atom. The molecule has 1 aliphatic heterocycles. The lowest BCUT2D eigenvalue weighted by atomic mass is 9.90. The zero-order valence-corrected chi connectivity index (χ0v) is 10.3. The lowest BCUT2D eigenvalue weighted by molar-refractivity contribution is 0.151. The number of hydrogen-bond acceptors (Lipinski definition) is 2. The average molecular weight is 231 g/mol. The molecule has 0 atom stereocenters. The second-order valence-electron chi connectivity index (χ2n) is 5.63. The van der Waals surface area contributed by atoms with Gasteiger partial charge in [0.2, 0.25) is 0 Å². The number of hydrogen-bond donors (Lipinski definition) is 2. The predicted molar refractivity (Wildman–Crippen MR) is 68.9 cm³/mol. The van der Waals surface area contributed by atoms with Crippen molar-refractivity contribution in [2.75, 3.05) is 13.1 Å². The molecule has 0 amide bonds. The molecule has 92 valence electrons. The number of aliphatic hydroxyl groups is 1. The van der Waals surface area contributed by atoms with Crippen LogP contribution in [0.4, 0.5) is 0 Å². The van der Waals surface area contributed by atoms with Crippen LogP contribution in [-0.4, -0.2) is 18.2 Å². The van der Waals surface area contributed by atoms with Crippen molar-refractivity contribution >= 4 is 0 Å². The molecule has 0 spiro atoms. The Morgan fingerprint density at radius 3 is 2.35 bits per heavy atom. The first-order valence-electron chi connectivity index (χ1n) is 6.79. The van der Waals surface area contributed by atoms with Crippen molar-refractivity contribution in [3.05, 3.63) is 35.4 Å². The first-order valence-corrected chi connectivity index (χ1v) is 6.79. The van der Waals surface area contributed by atoms with E-state index >= 15 is 0 Å². The van der Waals surface area contributed by atoms with Crippen molar-refractivity contribution in [3.63, 3.8) is 0 Å². The van der Waals surface area contributed by atoms with E-state index in [1.165, 1.54) is 37.9 Å². The van der Waals surface area contributed by atoms with Gasteiger partial charge in [0.25, 0.3) is 0 Å². The third kappa shape index (κ3) is 2.53. The maximum atomic E-state index is 10.0. The molecule has 1 saturated heterocycles. The Hall–Kier alpha value is -0.860. The minimum atomic E-state index is -0.479. The van der Waals surface area contributed by atoms with E-state index < -0.39 is 5.60 Å². The fourth-order valence-corrected chi connectivity index (χ4v) is 2.78. The molecule has 0 bridgehead atoms. The smallest absolute Gasteiger partial charge is 0.0899 e. The van der Waals surface area contributed by atoms with Gasteiger partial charge in [-0.2, -0.15) is 0 Å². The van der Waals surface area contributed by atoms with Gasteiger partial charge in [0.1, 0.15) is 0 Å². The van der Waals surface area contributed by atoms with E-state index in [1.54, 1.807) is 0 Å². The summed E-state index contributed by atoms with van der Waals surface area (Å²) in [6.07, 6.45) is 5.65. The summed E-state index contributed by atoms with van der Waals surface area (Å²) in [5.41, 5.74) is 2.05. The van der Waals surface area contributed by atoms with E-state index in [9.17, 15) is 5.11 Å². The summed E-state index contributed by atoms with van der Waals surface area (Å²) in [5, 5.41) is 13.4. The molecule has 1 aromatic carbocycles. The van der Waals surface area contributed by atoms with Crippen LogP contribution in [-0.2, 0) is 12.0 Å². The van der Waals surface area contributed by atoms with Gasteiger partial charge in [0.15, 0.2) is 0 Å². The van der Waals surface area contributed by atoms with Gasteiger partial charge in [-0.1, -0.05) is 24.3 Å². The maximum Gasteiger partial charge on any atom is 0.0899 e. The van der Waals surface area contributed by atoms with Gasteiger partial charge in [-0.3, -0.25) is 0 Å². The van der Waals surface area contributed by atoms with Gasteiger partial charge < -0.3 is 10.4 Å². The van der Waals surface area contributed by atoms with Crippen LogP contribution in [0, 0.1) is 5.92 Å². The predicted octanol–water partition coefficient (Wildman–Crippen LogP) is 2.21. The van der Waals surface area contributed by atoms with Gasteiger partial charge in [-0.15, -0.1) is 0 Å². The standard InChI is InChI=1S/C15H21NO/c17-15(7-8-15)14-3-1-12(2-4-14)11-13-5-9-16-10-6-13/h1-4,13,16-17H,5-11H2. The maximum absolute atomic E-state index is 10.0. The molecule has 17 heavy (non-hydrogen) atoms. The highest BCUT2D eigenvalue weighted by Crippen LogP contribution is 2.45. The lowest BCUT2D eigenvalue weighted by Gasteiger charge is -2.22. The molecule has 3 rings (SSSR count). The number of piperidine rings is 1. The molecule has 0 unspecified atom stereocenters. The Bertz CT molecular complexity index is 374. The van der Waals surface area contributed by atoms with E-state index in [1.807, 2.05) is 0 Å². The van der Waals surface area contributed by atoms with E-state index in [0.717, 1.165) is 24.3 Å². The average Bonchev–Trinajstić information content (AvgIpc) is 3.11. The molecule has 2 heteroatoms. The molecule has 2 aliphatic rings. The molecule has 1 saturated carbocycles. The van der Waals surface area contributed by atoms with Gasteiger partial charge in [-0.05, 0) is 62.2 Å². The normalized spacial score (nSPS) is 23.6. The zero-order valence-electron chi connectivity index (χ0n) is 10.3. The van der Waals surface area contributed by atoms with Crippen molar-refractivity contribution in [2.45, 2.75) is 37.7 Å². The monoisotopic (exact) mass is 231 g/mol. The number of rotatable bonds is 3. The molecule has 0 radical (unpaired) electrons. The van der Waals surface area contributed by atoms with Crippen molar-refractivity contribution in [3.8, 4) is 0 Å². The second-order valence-corrected chi connectivity index (χ2v) is 5.63. The van der Waals surface area contributed by atoms with Gasteiger partial charge in [0.05, 0.1) is 5.60 Å². The summed E-state index contributed by atoms with van der Waals surface area (Å²) in [6.45, 7) is 2.34. The molecule has 2 fully saturated rings. The van der Waals surface area contributed by atoms with Crippen LogP contribution < -0.4 is 5.32 Å². The minimum absolute atomic E-state index is 0.479. The first-order chi connectivity index (χ1) is 8.26. The molecule has 1 aliphatic carbocycles. The van der Waals surface area contributed by atoms with Crippen molar-refractivity contribution in [2.24, 2.45) is 5.92 Å². The summed E-state index contributed by atoms with van der Waals surface area (Å²) in [5.74, 6) is 0.839. The van der Waals surface area contributed by atoms with Crippen molar-refractivity contribution in [1.82, 2.24) is 5.32 Å². The molecule has 2 N–H and O–H groups in total. The van der Waals surface area contributed by atoms with Crippen molar-refractivity contribution < 1.29 is 5.11 Å². The minimum Gasteiger partial charge on any atom is -0.385 e. The third-order valence-electron chi connectivity index (χ3n) is 4.20. The van der Waals surface area contributed by atoms with Crippen LogP contribution in [0.1, 0.15) is 36.8 Å². The summed E-state index contributed by atoms with van der Waals surface area (Å²) < 4.78 is 0.